The van der Waals surface area contributed by atoms with Crippen molar-refractivity contribution in [1.29, 1.82) is 0 Å². The van der Waals surface area contributed by atoms with Gasteiger partial charge in [-0.15, -0.1) is 0 Å². The molecule has 0 fully saturated rings. The fourth-order valence-electron chi connectivity index (χ4n) is 1.45. The number of carbonyl (C=O) groups excluding carboxylic acids is 2. The van der Waals surface area contributed by atoms with Gasteiger partial charge in [-0.25, -0.2) is 0 Å². The maximum absolute atomic E-state index is 11.6. The number of hydrogen-bond acceptors (Lipinski definition) is 3. The molecule has 0 bridgehead atoms. The number of nitrogens with zero attached hydrogens (tertiary/aromatic N) is 1. The summed E-state index contributed by atoms with van der Waals surface area (Å²) < 4.78 is 0. The molecule has 2 amide bonds. The summed E-state index contributed by atoms with van der Waals surface area (Å²) in [6.45, 7) is 7.82. The lowest BCUT2D eigenvalue weighted by Gasteiger charge is -2.20. The van der Waals surface area contributed by atoms with E-state index in [0.717, 1.165) is 0 Å². The molecule has 2 atom stereocenters. The van der Waals surface area contributed by atoms with E-state index < -0.39 is 23.7 Å². The van der Waals surface area contributed by atoms with E-state index in [9.17, 15) is 14.4 Å². The fraction of sp³-hybridized carbons (Fsp3) is 0.750. The first-order valence-electron chi connectivity index (χ1n) is 6.13. The lowest BCUT2D eigenvalue weighted by molar-refractivity contribution is -0.146. The Balaban J connectivity index is 4.26. The molecule has 0 rings (SSSR count). The molecule has 104 valence electrons. The van der Waals surface area contributed by atoms with Crippen molar-refractivity contribution in [3.63, 3.8) is 0 Å². The molecule has 2 unspecified atom stereocenters. The zero-order valence-corrected chi connectivity index (χ0v) is 11.4. The molecule has 0 aromatic carbocycles. The van der Waals surface area contributed by atoms with Gasteiger partial charge in [0, 0.05) is 19.0 Å². The molecule has 2 N–H and O–H groups in total. The van der Waals surface area contributed by atoms with Crippen molar-refractivity contribution in [2.24, 2.45) is 11.8 Å². The van der Waals surface area contributed by atoms with Crippen LogP contribution < -0.4 is 5.32 Å². The van der Waals surface area contributed by atoms with E-state index in [0.29, 0.717) is 13.1 Å². The second-order valence-electron chi connectivity index (χ2n) is 4.20. The predicted octanol–water partition coefficient (Wildman–Crippen LogP) is 0.328. The minimum atomic E-state index is -1.02. The number of carboxylic acids is 1. The molecule has 0 spiro atoms. The first-order chi connectivity index (χ1) is 8.34. The number of rotatable bonds is 7. The van der Waals surface area contributed by atoms with Crippen LogP contribution in [0.2, 0.25) is 0 Å². The monoisotopic (exact) mass is 258 g/mol. The van der Waals surface area contributed by atoms with Crippen molar-refractivity contribution >= 4 is 17.8 Å². The number of amides is 2. The molecule has 0 heterocycles. The summed E-state index contributed by atoms with van der Waals surface area (Å²) in [6.07, 6.45) is 0. The van der Waals surface area contributed by atoms with Gasteiger partial charge >= 0.3 is 5.97 Å². The standard InChI is InChI=1S/C12H22N2O4/c1-5-14(6-2)10(15)7-13-11(16)8(3)9(4)12(17)18/h8-9H,5-7H2,1-4H3,(H,13,16)(H,17,18). The van der Waals surface area contributed by atoms with Crippen molar-refractivity contribution in [3.05, 3.63) is 0 Å². The van der Waals surface area contributed by atoms with Crippen molar-refractivity contribution in [3.8, 4) is 0 Å². The fourth-order valence-corrected chi connectivity index (χ4v) is 1.45. The Morgan fingerprint density at radius 2 is 1.61 bits per heavy atom. The van der Waals surface area contributed by atoms with Crippen LogP contribution >= 0.6 is 0 Å². The molecular formula is C12H22N2O4. The van der Waals surface area contributed by atoms with Crippen LogP contribution in [0.5, 0.6) is 0 Å². The van der Waals surface area contributed by atoms with Crippen molar-refractivity contribution in [2.75, 3.05) is 19.6 Å². The molecular weight excluding hydrogens is 236 g/mol. The lowest BCUT2D eigenvalue weighted by Crippen LogP contribution is -2.43. The summed E-state index contributed by atoms with van der Waals surface area (Å²) in [5, 5.41) is 11.3. The smallest absolute Gasteiger partial charge is 0.307 e. The summed E-state index contributed by atoms with van der Waals surface area (Å²) >= 11 is 0. The van der Waals surface area contributed by atoms with Crippen molar-refractivity contribution < 1.29 is 19.5 Å². The maximum Gasteiger partial charge on any atom is 0.307 e. The minimum Gasteiger partial charge on any atom is -0.481 e. The summed E-state index contributed by atoms with van der Waals surface area (Å²) in [4.78, 5) is 35.6. The van der Waals surface area contributed by atoms with E-state index in [1.54, 1.807) is 4.90 Å². The second kappa shape index (κ2) is 7.68. The molecule has 0 aromatic heterocycles. The van der Waals surface area contributed by atoms with Gasteiger partial charge in [0.1, 0.15) is 0 Å². The number of likely N-dealkylation sites (N-methyl/N-ethyl adjacent to an activating group) is 1. The molecule has 6 heteroatoms. The zero-order chi connectivity index (χ0) is 14.3. The van der Waals surface area contributed by atoms with E-state index in [4.69, 9.17) is 5.11 Å². The highest BCUT2D eigenvalue weighted by Gasteiger charge is 2.26. The van der Waals surface area contributed by atoms with Crippen LogP contribution in [0.1, 0.15) is 27.7 Å². The highest BCUT2D eigenvalue weighted by atomic mass is 16.4. The predicted molar refractivity (Wildman–Crippen MR) is 66.9 cm³/mol. The average Bonchev–Trinajstić information content (AvgIpc) is 2.35. The summed E-state index contributed by atoms with van der Waals surface area (Å²) in [7, 11) is 0. The Morgan fingerprint density at radius 3 is 2.00 bits per heavy atom. The molecule has 0 aromatic rings. The van der Waals surface area contributed by atoms with Crippen LogP contribution in [0, 0.1) is 11.8 Å². The second-order valence-corrected chi connectivity index (χ2v) is 4.20. The molecule has 0 aliphatic carbocycles. The molecule has 6 nitrogen and oxygen atoms in total. The number of carboxylic acid groups (broad SMARTS) is 1. The third-order valence-electron chi connectivity index (χ3n) is 3.08. The lowest BCUT2D eigenvalue weighted by atomic mass is 9.95. The van der Waals surface area contributed by atoms with Crippen molar-refractivity contribution in [1.82, 2.24) is 10.2 Å². The van der Waals surface area contributed by atoms with E-state index in [-0.39, 0.29) is 12.5 Å². The molecule has 0 saturated heterocycles. The Bertz CT molecular complexity index is 313. The molecule has 0 saturated carbocycles. The van der Waals surface area contributed by atoms with E-state index >= 15 is 0 Å². The first-order valence-corrected chi connectivity index (χ1v) is 6.13. The molecule has 0 aliphatic heterocycles. The Kier molecular flexibility index (Phi) is 7.00. The highest BCUT2D eigenvalue weighted by molar-refractivity contribution is 5.88. The summed E-state index contributed by atoms with van der Waals surface area (Å²) in [5.41, 5.74) is 0. The largest absolute Gasteiger partial charge is 0.481 e. The Hall–Kier alpha value is -1.59. The molecule has 0 aliphatic rings. The average molecular weight is 258 g/mol. The number of hydrogen-bond donors (Lipinski definition) is 2. The summed E-state index contributed by atoms with van der Waals surface area (Å²) in [6, 6.07) is 0. The third kappa shape index (κ3) is 4.73. The van der Waals surface area contributed by atoms with Crippen molar-refractivity contribution in [2.45, 2.75) is 27.7 Å². The van der Waals surface area contributed by atoms with Crippen LogP contribution in [0.25, 0.3) is 0 Å². The van der Waals surface area contributed by atoms with Crippen LogP contribution in [-0.4, -0.2) is 47.4 Å². The quantitative estimate of drug-likeness (QED) is 0.689. The van der Waals surface area contributed by atoms with Gasteiger partial charge in [-0.2, -0.15) is 0 Å². The third-order valence-corrected chi connectivity index (χ3v) is 3.08. The summed E-state index contributed by atoms with van der Waals surface area (Å²) in [5.74, 6) is -3.03. The first kappa shape index (κ1) is 16.4. The van der Waals surface area contributed by atoms with E-state index in [1.807, 2.05) is 13.8 Å². The van der Waals surface area contributed by atoms with Crippen LogP contribution in [0.15, 0.2) is 0 Å². The van der Waals surface area contributed by atoms with Gasteiger partial charge in [0.25, 0.3) is 0 Å². The number of aliphatic carboxylic acids is 1. The minimum absolute atomic E-state index is 0.0861. The van der Waals surface area contributed by atoms with Gasteiger partial charge < -0.3 is 15.3 Å². The van der Waals surface area contributed by atoms with Crippen LogP contribution in [0.3, 0.4) is 0 Å². The number of nitrogens with one attached hydrogen (secondary N) is 1. The number of carbonyl (C=O) groups is 3. The molecule has 18 heavy (non-hydrogen) atoms. The van der Waals surface area contributed by atoms with E-state index in [2.05, 4.69) is 5.32 Å². The normalized spacial score (nSPS) is 13.6. The molecule has 0 radical (unpaired) electrons. The highest BCUT2D eigenvalue weighted by Crippen LogP contribution is 2.10. The van der Waals surface area contributed by atoms with Gasteiger partial charge in [0.05, 0.1) is 12.5 Å². The Morgan fingerprint density at radius 1 is 1.11 bits per heavy atom. The van der Waals surface area contributed by atoms with Gasteiger partial charge in [0.2, 0.25) is 11.8 Å². The SMILES string of the molecule is CCN(CC)C(=O)CNC(=O)C(C)C(C)C(=O)O. The van der Waals surface area contributed by atoms with Crippen LogP contribution in [0.4, 0.5) is 0 Å². The Labute approximate surface area is 107 Å². The van der Waals surface area contributed by atoms with E-state index in [1.165, 1.54) is 13.8 Å². The van der Waals surface area contributed by atoms with Gasteiger partial charge in [-0.1, -0.05) is 13.8 Å². The zero-order valence-electron chi connectivity index (χ0n) is 11.4. The maximum atomic E-state index is 11.6. The van der Waals surface area contributed by atoms with Gasteiger partial charge in [-0.3, -0.25) is 14.4 Å². The van der Waals surface area contributed by atoms with Gasteiger partial charge in [-0.05, 0) is 13.8 Å². The topological polar surface area (TPSA) is 86.7 Å². The van der Waals surface area contributed by atoms with Gasteiger partial charge in [0.15, 0.2) is 0 Å². The van der Waals surface area contributed by atoms with Crippen LogP contribution in [-0.2, 0) is 14.4 Å².